The molecule has 0 radical (unpaired) electrons. The summed E-state index contributed by atoms with van der Waals surface area (Å²) in [6.07, 6.45) is 0.785. The minimum absolute atomic E-state index is 0.520. The fourth-order valence-corrected chi connectivity index (χ4v) is 1.50. The van der Waals surface area contributed by atoms with Crippen LogP contribution < -0.4 is 9.47 Å². The third-order valence-electron chi connectivity index (χ3n) is 2.46. The largest absolute Gasteiger partial charge is 0.493 e. The molecule has 1 rings (SSSR count). The van der Waals surface area contributed by atoms with E-state index in [0.717, 1.165) is 18.4 Å². The molecule has 0 heterocycles. The van der Waals surface area contributed by atoms with Crippen LogP contribution in [0, 0.1) is 6.92 Å². The van der Waals surface area contributed by atoms with E-state index in [-0.39, 0.29) is 0 Å². The topological polar surface area (TPSA) is 38.8 Å². The zero-order chi connectivity index (χ0) is 12.8. The summed E-state index contributed by atoms with van der Waals surface area (Å²) >= 11 is 0. The van der Waals surface area contributed by atoms with Crippen LogP contribution >= 0.6 is 0 Å². The predicted molar refractivity (Wildman–Crippen MR) is 67.2 cm³/mol. The highest BCUT2D eigenvalue weighted by molar-refractivity contribution is 5.81. The molecular formula is C13H19NO3. The van der Waals surface area contributed by atoms with Crippen molar-refractivity contribution in [3.8, 4) is 11.5 Å². The molecule has 1 aromatic rings. The highest BCUT2D eigenvalue weighted by Crippen LogP contribution is 2.33. The predicted octanol–water partition coefficient (Wildman–Crippen LogP) is 1.76. The van der Waals surface area contributed by atoms with Crippen LogP contribution in [0.2, 0.25) is 0 Å². The van der Waals surface area contributed by atoms with Gasteiger partial charge in [-0.3, -0.25) is 4.79 Å². The molecule has 0 aliphatic heterocycles. The van der Waals surface area contributed by atoms with E-state index in [1.807, 2.05) is 32.0 Å². The van der Waals surface area contributed by atoms with E-state index < -0.39 is 0 Å². The molecule has 0 bridgehead atoms. The van der Waals surface area contributed by atoms with E-state index in [1.165, 1.54) is 0 Å². The number of hydrogen-bond acceptors (Lipinski definition) is 4. The van der Waals surface area contributed by atoms with Crippen LogP contribution in [0.15, 0.2) is 12.1 Å². The first-order valence-corrected chi connectivity index (χ1v) is 5.50. The molecule has 0 aliphatic rings. The summed E-state index contributed by atoms with van der Waals surface area (Å²) in [5.74, 6) is 1.16. The molecule has 0 spiro atoms. The van der Waals surface area contributed by atoms with Crippen molar-refractivity contribution < 1.29 is 14.3 Å². The molecule has 1 aromatic carbocycles. The van der Waals surface area contributed by atoms with Gasteiger partial charge in [0.25, 0.3) is 0 Å². The Labute approximate surface area is 102 Å². The van der Waals surface area contributed by atoms with Crippen LogP contribution in [0.25, 0.3) is 0 Å². The first-order valence-electron chi connectivity index (χ1n) is 5.50. The fraction of sp³-hybridized carbons (Fsp3) is 0.462. The number of carbonyl (C=O) groups is 1. The number of likely N-dealkylation sites (N-methyl/N-ethyl adjacent to an activating group) is 1. The normalized spacial score (nSPS) is 10.4. The van der Waals surface area contributed by atoms with Crippen LogP contribution in [-0.2, 0) is 0 Å². The molecule has 0 N–H and O–H groups in total. The second kappa shape index (κ2) is 6.25. The van der Waals surface area contributed by atoms with Gasteiger partial charge in [-0.15, -0.1) is 0 Å². The quantitative estimate of drug-likeness (QED) is 0.707. The van der Waals surface area contributed by atoms with Gasteiger partial charge < -0.3 is 14.4 Å². The number of aryl methyl sites for hydroxylation is 1. The maximum absolute atomic E-state index is 11.0. The number of carbonyl (C=O) groups excluding carboxylic acids is 1. The molecule has 4 heteroatoms. The van der Waals surface area contributed by atoms with E-state index >= 15 is 0 Å². The summed E-state index contributed by atoms with van der Waals surface area (Å²) in [6, 6.07) is 3.59. The molecule has 0 fully saturated rings. The van der Waals surface area contributed by atoms with Crippen LogP contribution in [0.5, 0.6) is 11.5 Å². The minimum Gasteiger partial charge on any atom is -0.493 e. The van der Waals surface area contributed by atoms with Gasteiger partial charge in [0.1, 0.15) is 6.61 Å². The summed E-state index contributed by atoms with van der Waals surface area (Å²) in [5.41, 5.74) is 1.48. The van der Waals surface area contributed by atoms with Crippen molar-refractivity contribution in [2.75, 3.05) is 34.4 Å². The number of rotatable bonds is 6. The van der Waals surface area contributed by atoms with Crippen molar-refractivity contribution in [3.05, 3.63) is 23.3 Å². The zero-order valence-electron chi connectivity index (χ0n) is 10.8. The Morgan fingerprint density at radius 1 is 1.29 bits per heavy atom. The SMILES string of the molecule is COc1c(C)ccc(C=O)c1OCCN(C)C. The minimum atomic E-state index is 0.520. The molecule has 4 nitrogen and oxygen atoms in total. The van der Waals surface area contributed by atoms with Gasteiger partial charge in [0, 0.05) is 6.54 Å². The summed E-state index contributed by atoms with van der Waals surface area (Å²) < 4.78 is 10.9. The molecule has 0 saturated carbocycles. The van der Waals surface area contributed by atoms with E-state index in [9.17, 15) is 4.79 Å². The van der Waals surface area contributed by atoms with Crippen molar-refractivity contribution >= 4 is 6.29 Å². The van der Waals surface area contributed by atoms with Crippen LogP contribution in [0.3, 0.4) is 0 Å². The number of hydrogen-bond donors (Lipinski definition) is 0. The van der Waals surface area contributed by atoms with E-state index in [0.29, 0.717) is 23.7 Å². The molecule has 94 valence electrons. The zero-order valence-corrected chi connectivity index (χ0v) is 10.8. The van der Waals surface area contributed by atoms with Gasteiger partial charge in [0.2, 0.25) is 0 Å². The number of aldehydes is 1. The summed E-state index contributed by atoms with van der Waals surface area (Å²) in [4.78, 5) is 13.0. The molecule has 0 amide bonds. The number of nitrogens with zero attached hydrogens (tertiary/aromatic N) is 1. The number of ether oxygens (including phenoxy) is 2. The second-order valence-electron chi connectivity index (χ2n) is 4.10. The van der Waals surface area contributed by atoms with Gasteiger partial charge in [-0.05, 0) is 32.6 Å². The Morgan fingerprint density at radius 3 is 2.53 bits per heavy atom. The first kappa shape index (κ1) is 13.5. The third-order valence-corrected chi connectivity index (χ3v) is 2.46. The van der Waals surface area contributed by atoms with Gasteiger partial charge >= 0.3 is 0 Å². The molecule has 0 aliphatic carbocycles. The smallest absolute Gasteiger partial charge is 0.171 e. The van der Waals surface area contributed by atoms with Crippen molar-refractivity contribution in [2.45, 2.75) is 6.92 Å². The lowest BCUT2D eigenvalue weighted by molar-refractivity contribution is 0.111. The van der Waals surface area contributed by atoms with Gasteiger partial charge in [-0.1, -0.05) is 6.07 Å². The maximum atomic E-state index is 11.0. The van der Waals surface area contributed by atoms with Crippen LogP contribution in [-0.4, -0.2) is 45.5 Å². The summed E-state index contributed by atoms with van der Waals surface area (Å²) in [6.45, 7) is 3.23. The van der Waals surface area contributed by atoms with E-state index in [4.69, 9.17) is 9.47 Å². The lowest BCUT2D eigenvalue weighted by Gasteiger charge is -2.16. The molecular weight excluding hydrogens is 218 g/mol. The lowest BCUT2D eigenvalue weighted by Crippen LogP contribution is -2.20. The maximum Gasteiger partial charge on any atom is 0.171 e. The third kappa shape index (κ3) is 3.46. The summed E-state index contributed by atoms with van der Waals surface area (Å²) in [7, 11) is 5.52. The lowest BCUT2D eigenvalue weighted by atomic mass is 10.1. The van der Waals surface area contributed by atoms with Crippen molar-refractivity contribution in [2.24, 2.45) is 0 Å². The van der Waals surface area contributed by atoms with E-state index in [1.54, 1.807) is 13.2 Å². The average molecular weight is 237 g/mol. The highest BCUT2D eigenvalue weighted by atomic mass is 16.5. The van der Waals surface area contributed by atoms with Gasteiger partial charge in [0.05, 0.1) is 12.7 Å². The molecule has 0 unspecified atom stereocenters. The molecule has 0 aromatic heterocycles. The second-order valence-corrected chi connectivity index (χ2v) is 4.10. The van der Waals surface area contributed by atoms with Crippen molar-refractivity contribution in [1.29, 1.82) is 0 Å². The van der Waals surface area contributed by atoms with Gasteiger partial charge in [-0.25, -0.2) is 0 Å². The Morgan fingerprint density at radius 2 is 2.00 bits per heavy atom. The molecule has 17 heavy (non-hydrogen) atoms. The standard InChI is InChI=1S/C13H19NO3/c1-10-5-6-11(9-15)13(12(10)16-4)17-8-7-14(2)3/h5-6,9H,7-8H2,1-4H3. The highest BCUT2D eigenvalue weighted by Gasteiger charge is 2.13. The summed E-state index contributed by atoms with van der Waals surface area (Å²) in [5, 5.41) is 0. The van der Waals surface area contributed by atoms with E-state index in [2.05, 4.69) is 0 Å². The van der Waals surface area contributed by atoms with Gasteiger partial charge in [0.15, 0.2) is 17.8 Å². The molecule has 0 saturated heterocycles. The Kier molecular flexibility index (Phi) is 4.97. The fourth-order valence-electron chi connectivity index (χ4n) is 1.50. The number of methoxy groups -OCH3 is 1. The first-order chi connectivity index (χ1) is 8.10. The Bertz CT molecular complexity index is 388. The van der Waals surface area contributed by atoms with Crippen molar-refractivity contribution in [1.82, 2.24) is 4.90 Å². The van der Waals surface area contributed by atoms with Crippen molar-refractivity contribution in [3.63, 3.8) is 0 Å². The Hall–Kier alpha value is -1.55. The Balaban J connectivity index is 2.93. The van der Waals surface area contributed by atoms with Crippen LogP contribution in [0.1, 0.15) is 15.9 Å². The van der Waals surface area contributed by atoms with Crippen LogP contribution in [0.4, 0.5) is 0 Å². The average Bonchev–Trinajstić information content (AvgIpc) is 2.29. The molecule has 0 atom stereocenters. The monoisotopic (exact) mass is 237 g/mol. The van der Waals surface area contributed by atoms with Gasteiger partial charge in [-0.2, -0.15) is 0 Å². The number of benzene rings is 1.